The minimum Gasteiger partial charge on any atom is -0.333 e. The number of carbonyl (C=O) groups excluding carboxylic acids is 1. The van der Waals surface area contributed by atoms with Crippen molar-refractivity contribution >= 4 is 34.4 Å². The Morgan fingerprint density at radius 2 is 1.81 bits per heavy atom. The molecule has 0 saturated carbocycles. The monoisotopic (exact) mass is 375 g/mol. The number of H-pyrrole nitrogens is 1. The highest BCUT2D eigenvalue weighted by atomic mass is 32.2. The summed E-state index contributed by atoms with van der Waals surface area (Å²) in [6, 6.07) is 8.10. The Kier molecular flexibility index (Phi) is 5.56. The number of anilines is 1. The lowest BCUT2D eigenvalue weighted by Crippen LogP contribution is -2.16. The second-order valence-electron chi connectivity index (χ2n) is 5.82. The van der Waals surface area contributed by atoms with E-state index in [1.807, 2.05) is 32.0 Å². The number of halogens is 2. The number of para-hydroxylation sites is 1. The lowest BCUT2D eigenvalue weighted by molar-refractivity contribution is -0.113. The summed E-state index contributed by atoms with van der Waals surface area (Å²) in [5.74, 6) is -1.88. The van der Waals surface area contributed by atoms with Crippen LogP contribution in [0.15, 0.2) is 35.5 Å². The van der Waals surface area contributed by atoms with Crippen molar-refractivity contribution in [3.05, 3.63) is 53.1 Å². The first kappa shape index (κ1) is 18.4. The average molecular weight is 375 g/mol. The number of thioether (sulfide) groups is 1. The molecule has 1 heterocycles. The molecule has 0 radical (unpaired) electrons. The van der Waals surface area contributed by atoms with E-state index in [1.165, 1.54) is 11.8 Å². The van der Waals surface area contributed by atoms with Crippen LogP contribution in [0.25, 0.3) is 11.0 Å². The molecule has 2 aromatic carbocycles. The number of rotatable bonds is 6. The molecule has 2 N–H and O–H groups in total. The fraction of sp³-hybridized carbons (Fsp3) is 0.263. The molecule has 4 nitrogen and oxygen atoms in total. The van der Waals surface area contributed by atoms with Gasteiger partial charge >= 0.3 is 0 Å². The van der Waals surface area contributed by atoms with Crippen molar-refractivity contribution in [2.24, 2.45) is 0 Å². The zero-order valence-electron chi connectivity index (χ0n) is 14.5. The van der Waals surface area contributed by atoms with Crippen LogP contribution < -0.4 is 5.32 Å². The number of nitrogens with one attached hydrogen (secondary N) is 2. The molecule has 0 fully saturated rings. The topological polar surface area (TPSA) is 57.8 Å². The van der Waals surface area contributed by atoms with Crippen LogP contribution in [0.5, 0.6) is 0 Å². The first-order valence-corrected chi connectivity index (χ1v) is 9.38. The summed E-state index contributed by atoms with van der Waals surface area (Å²) < 4.78 is 26.5. The number of aromatic nitrogens is 2. The van der Waals surface area contributed by atoms with E-state index in [1.54, 1.807) is 0 Å². The van der Waals surface area contributed by atoms with Crippen molar-refractivity contribution in [1.29, 1.82) is 0 Å². The van der Waals surface area contributed by atoms with Gasteiger partial charge in [-0.05, 0) is 24.0 Å². The molecule has 0 aliphatic carbocycles. The van der Waals surface area contributed by atoms with E-state index in [-0.39, 0.29) is 11.7 Å². The quantitative estimate of drug-likeness (QED) is 0.614. The van der Waals surface area contributed by atoms with Crippen LogP contribution in [0.3, 0.4) is 0 Å². The summed E-state index contributed by atoms with van der Waals surface area (Å²) in [6.07, 6.45) is 1.66. The van der Waals surface area contributed by atoms with E-state index in [0.29, 0.717) is 16.2 Å². The maximum Gasteiger partial charge on any atom is 0.234 e. The zero-order valence-corrected chi connectivity index (χ0v) is 15.3. The molecular formula is C19H19F2N3OS. The molecule has 0 spiro atoms. The van der Waals surface area contributed by atoms with Crippen LogP contribution in [0.2, 0.25) is 0 Å². The molecule has 3 aromatic rings. The van der Waals surface area contributed by atoms with Gasteiger partial charge in [0.25, 0.3) is 0 Å². The van der Waals surface area contributed by atoms with Crippen molar-refractivity contribution in [3.63, 3.8) is 0 Å². The summed E-state index contributed by atoms with van der Waals surface area (Å²) in [6.45, 7) is 4.09. The van der Waals surface area contributed by atoms with Crippen molar-refractivity contribution in [3.8, 4) is 0 Å². The van der Waals surface area contributed by atoms with E-state index in [0.717, 1.165) is 41.8 Å². The van der Waals surface area contributed by atoms with Crippen LogP contribution in [0.1, 0.15) is 25.0 Å². The Bertz CT molecular complexity index is 894. The number of aromatic amines is 1. The third kappa shape index (κ3) is 3.88. The molecule has 0 bridgehead atoms. The number of hydrogen-bond donors (Lipinski definition) is 2. The number of carbonyl (C=O) groups is 1. The van der Waals surface area contributed by atoms with Crippen molar-refractivity contribution in [1.82, 2.24) is 9.97 Å². The van der Waals surface area contributed by atoms with Gasteiger partial charge in [0, 0.05) is 17.8 Å². The molecule has 0 aliphatic heterocycles. The van der Waals surface area contributed by atoms with Crippen LogP contribution >= 0.6 is 11.8 Å². The van der Waals surface area contributed by atoms with Crippen LogP contribution in [0, 0.1) is 11.6 Å². The molecular weight excluding hydrogens is 356 g/mol. The van der Waals surface area contributed by atoms with Crippen LogP contribution in [-0.4, -0.2) is 21.6 Å². The Hall–Kier alpha value is -2.41. The van der Waals surface area contributed by atoms with E-state index >= 15 is 0 Å². The Balaban J connectivity index is 1.70. The maximum absolute atomic E-state index is 13.3. The number of fused-ring (bicyclic) bond motifs is 1. The van der Waals surface area contributed by atoms with E-state index in [4.69, 9.17) is 0 Å². The van der Waals surface area contributed by atoms with Gasteiger partial charge in [-0.3, -0.25) is 4.79 Å². The van der Waals surface area contributed by atoms with Gasteiger partial charge in [0.15, 0.2) is 16.8 Å². The number of imidazole rings is 1. The maximum atomic E-state index is 13.3. The Labute approximate surface area is 154 Å². The normalized spacial score (nSPS) is 11.1. The predicted molar refractivity (Wildman–Crippen MR) is 101 cm³/mol. The third-order valence-corrected chi connectivity index (χ3v) is 4.98. The summed E-state index contributed by atoms with van der Waals surface area (Å²) in [5, 5.41) is 3.43. The zero-order chi connectivity index (χ0) is 18.7. The van der Waals surface area contributed by atoms with Crippen molar-refractivity contribution in [2.75, 3.05) is 11.1 Å². The molecule has 0 unspecified atom stereocenters. The van der Waals surface area contributed by atoms with Gasteiger partial charge in [0.05, 0.1) is 16.8 Å². The average Bonchev–Trinajstić information content (AvgIpc) is 3.02. The lowest BCUT2D eigenvalue weighted by Gasteiger charge is -2.14. The highest BCUT2D eigenvalue weighted by Gasteiger charge is 2.13. The fourth-order valence-electron chi connectivity index (χ4n) is 2.76. The van der Waals surface area contributed by atoms with E-state index < -0.39 is 11.6 Å². The first-order valence-electron chi connectivity index (χ1n) is 8.40. The minimum absolute atomic E-state index is 0.145. The Morgan fingerprint density at radius 1 is 1.15 bits per heavy atom. The van der Waals surface area contributed by atoms with Crippen LogP contribution in [-0.2, 0) is 17.6 Å². The molecule has 0 atom stereocenters. The second kappa shape index (κ2) is 7.86. The van der Waals surface area contributed by atoms with Crippen molar-refractivity contribution in [2.45, 2.75) is 31.8 Å². The molecule has 7 heteroatoms. The predicted octanol–water partition coefficient (Wildman–Crippen LogP) is 4.70. The lowest BCUT2D eigenvalue weighted by atomic mass is 10.0. The summed E-state index contributed by atoms with van der Waals surface area (Å²) in [7, 11) is 0. The van der Waals surface area contributed by atoms with Crippen LogP contribution in [0.4, 0.5) is 14.5 Å². The summed E-state index contributed by atoms with van der Waals surface area (Å²) in [5.41, 5.74) is 3.79. The second-order valence-corrected chi connectivity index (χ2v) is 6.78. The minimum atomic E-state index is -0.943. The molecule has 1 aromatic heterocycles. The van der Waals surface area contributed by atoms with Gasteiger partial charge in [0.1, 0.15) is 0 Å². The van der Waals surface area contributed by atoms with Gasteiger partial charge in [-0.15, -0.1) is 0 Å². The number of hydrogen-bond acceptors (Lipinski definition) is 3. The molecule has 1 amide bonds. The first-order chi connectivity index (χ1) is 12.5. The summed E-state index contributed by atoms with van der Waals surface area (Å²) >= 11 is 1.19. The largest absolute Gasteiger partial charge is 0.333 e. The third-order valence-electron chi connectivity index (χ3n) is 4.11. The molecule has 0 saturated heterocycles. The molecule has 26 heavy (non-hydrogen) atoms. The molecule has 0 aliphatic rings. The van der Waals surface area contributed by atoms with Gasteiger partial charge in [-0.2, -0.15) is 0 Å². The van der Waals surface area contributed by atoms with Gasteiger partial charge in [0.2, 0.25) is 5.91 Å². The standard InChI is InChI=1S/C19H19F2N3OS/c1-3-11-6-5-7-12(4-2)18(11)24-17(25)10-26-19-22-15-8-13(20)14(21)9-16(15)23-19/h5-9H,3-4,10H2,1-2H3,(H,22,23)(H,24,25). The highest BCUT2D eigenvalue weighted by molar-refractivity contribution is 7.99. The van der Waals surface area contributed by atoms with Gasteiger partial charge in [-0.25, -0.2) is 13.8 Å². The summed E-state index contributed by atoms with van der Waals surface area (Å²) in [4.78, 5) is 19.4. The Morgan fingerprint density at radius 3 is 2.46 bits per heavy atom. The van der Waals surface area contributed by atoms with E-state index in [2.05, 4.69) is 15.3 Å². The highest BCUT2D eigenvalue weighted by Crippen LogP contribution is 2.24. The number of aryl methyl sites for hydroxylation is 2. The number of nitrogens with zero attached hydrogens (tertiary/aromatic N) is 1. The number of benzene rings is 2. The SMILES string of the molecule is CCc1cccc(CC)c1NC(=O)CSc1nc2cc(F)c(F)cc2[nH]1. The van der Waals surface area contributed by atoms with Crippen molar-refractivity contribution < 1.29 is 13.6 Å². The van der Waals surface area contributed by atoms with Gasteiger partial charge in [-0.1, -0.05) is 43.8 Å². The molecule has 136 valence electrons. The number of amides is 1. The van der Waals surface area contributed by atoms with Gasteiger partial charge < -0.3 is 10.3 Å². The smallest absolute Gasteiger partial charge is 0.234 e. The van der Waals surface area contributed by atoms with E-state index in [9.17, 15) is 13.6 Å². The fourth-order valence-corrected chi connectivity index (χ4v) is 3.45. The molecule has 3 rings (SSSR count).